The molecule has 0 aliphatic carbocycles. The van der Waals surface area contributed by atoms with E-state index in [0.29, 0.717) is 6.42 Å². The van der Waals surface area contributed by atoms with Crippen molar-refractivity contribution in [1.82, 2.24) is 0 Å². The molecule has 0 saturated heterocycles. The predicted octanol–water partition coefficient (Wildman–Crippen LogP) is 2.42. The molecule has 0 radical (unpaired) electrons. The maximum Gasteiger partial charge on any atom is 0.362 e. The quantitative estimate of drug-likeness (QED) is 0.310. The first kappa shape index (κ1) is 25.4. The molecule has 0 aromatic heterocycles. The molecule has 7 heteroatoms. The highest BCUT2D eigenvalue weighted by Gasteiger charge is 2.53. The second-order valence-electron chi connectivity index (χ2n) is 7.25. The molecule has 0 aliphatic rings. The lowest BCUT2D eigenvalue weighted by molar-refractivity contribution is -0.974. The minimum atomic E-state index is -1.37. The number of unbranched alkanes of at least 4 members (excludes halogenated alkanes) is 5. The van der Waals surface area contributed by atoms with Crippen molar-refractivity contribution in [3.63, 3.8) is 0 Å². The van der Waals surface area contributed by atoms with Gasteiger partial charge in [-0.2, -0.15) is 0 Å². The number of carboxylic acids is 3. The van der Waals surface area contributed by atoms with Gasteiger partial charge in [-0.3, -0.25) is 4.48 Å². The lowest BCUT2D eigenvalue weighted by Crippen LogP contribution is -2.73. The van der Waals surface area contributed by atoms with Crippen molar-refractivity contribution in [3.05, 3.63) is 0 Å². The Morgan fingerprint density at radius 3 is 1.48 bits per heavy atom. The van der Waals surface area contributed by atoms with Crippen LogP contribution < -0.4 is 5.11 Å². The molecule has 0 rings (SSSR count). The fourth-order valence-electron chi connectivity index (χ4n) is 4.43. The fourth-order valence-corrected chi connectivity index (χ4v) is 4.43. The second-order valence-corrected chi connectivity index (χ2v) is 7.25. The number of carboxylic acid groups (broad SMARTS) is 3. The van der Waals surface area contributed by atoms with Crippen molar-refractivity contribution >= 4 is 17.9 Å². The van der Waals surface area contributed by atoms with E-state index in [2.05, 4.69) is 6.92 Å². The van der Waals surface area contributed by atoms with Crippen molar-refractivity contribution in [2.45, 2.75) is 104 Å². The zero-order valence-electron chi connectivity index (χ0n) is 17.3. The second kappa shape index (κ2) is 12.7. The van der Waals surface area contributed by atoms with Gasteiger partial charge >= 0.3 is 11.9 Å². The molecule has 0 fully saturated rings. The smallest absolute Gasteiger partial charge is 0.362 e. The van der Waals surface area contributed by atoms with Gasteiger partial charge in [-0.25, -0.2) is 9.59 Å². The van der Waals surface area contributed by atoms with Crippen LogP contribution in [0.25, 0.3) is 0 Å². The third kappa shape index (κ3) is 6.48. The third-order valence-electron chi connectivity index (χ3n) is 5.64. The van der Waals surface area contributed by atoms with Gasteiger partial charge in [-0.05, 0) is 12.8 Å². The van der Waals surface area contributed by atoms with Crippen LogP contribution in [-0.2, 0) is 14.4 Å². The predicted molar refractivity (Wildman–Crippen MR) is 101 cm³/mol. The van der Waals surface area contributed by atoms with Crippen molar-refractivity contribution < 1.29 is 34.2 Å². The van der Waals surface area contributed by atoms with Gasteiger partial charge in [0.25, 0.3) is 0 Å². The number of hydrogen-bond donors (Lipinski definition) is 2. The Labute approximate surface area is 163 Å². The van der Waals surface area contributed by atoms with E-state index >= 15 is 0 Å². The first-order chi connectivity index (χ1) is 12.7. The number of aliphatic carboxylic acids is 3. The number of rotatable bonds is 16. The molecule has 158 valence electrons. The first-order valence-corrected chi connectivity index (χ1v) is 10.3. The molecule has 0 spiro atoms. The summed E-state index contributed by atoms with van der Waals surface area (Å²) in [6.07, 6.45) is 6.16. The van der Waals surface area contributed by atoms with E-state index in [4.69, 9.17) is 0 Å². The number of quaternary nitrogens is 1. The van der Waals surface area contributed by atoms with Crippen molar-refractivity contribution in [1.29, 1.82) is 0 Å². The summed E-state index contributed by atoms with van der Waals surface area (Å²) in [5.41, 5.74) is 0. The first-order valence-electron chi connectivity index (χ1n) is 10.3. The minimum Gasteiger partial charge on any atom is -0.544 e. The van der Waals surface area contributed by atoms with E-state index in [1.165, 1.54) is 0 Å². The lowest BCUT2D eigenvalue weighted by atomic mass is 9.94. The molecule has 3 unspecified atom stereocenters. The van der Waals surface area contributed by atoms with E-state index in [9.17, 15) is 29.7 Å². The van der Waals surface area contributed by atoms with Gasteiger partial charge in [0.05, 0.1) is 12.5 Å². The third-order valence-corrected chi connectivity index (χ3v) is 5.64. The van der Waals surface area contributed by atoms with Gasteiger partial charge in [0, 0.05) is 19.3 Å². The summed E-state index contributed by atoms with van der Waals surface area (Å²) in [6.45, 7) is 7.32. The monoisotopic (exact) mass is 387 g/mol. The molecule has 0 saturated carbocycles. The molecule has 3 atom stereocenters. The summed E-state index contributed by atoms with van der Waals surface area (Å²) in [4.78, 5) is 36.0. The number of carbonyl (C=O) groups excluding carboxylic acids is 1. The Balaban J connectivity index is 6.02. The van der Waals surface area contributed by atoms with Crippen LogP contribution in [-0.4, -0.2) is 57.3 Å². The summed E-state index contributed by atoms with van der Waals surface area (Å²) >= 11 is 0. The minimum absolute atomic E-state index is 0.131. The van der Waals surface area contributed by atoms with Crippen LogP contribution in [0.4, 0.5) is 0 Å². The average Bonchev–Trinajstić information content (AvgIpc) is 2.58. The molecule has 0 bridgehead atoms. The van der Waals surface area contributed by atoms with E-state index < -0.39 is 40.5 Å². The lowest BCUT2D eigenvalue weighted by Gasteiger charge is -2.51. The molecule has 0 aromatic rings. The Bertz CT molecular complexity index is 424. The average molecular weight is 388 g/mol. The van der Waals surface area contributed by atoms with Crippen LogP contribution in [0.15, 0.2) is 0 Å². The Morgan fingerprint density at radius 2 is 1.15 bits per heavy atom. The number of nitrogens with zero attached hydrogens (tertiary/aromatic N) is 1. The number of carbonyl (C=O) groups is 3. The van der Waals surface area contributed by atoms with Crippen LogP contribution >= 0.6 is 0 Å². The molecular weight excluding hydrogens is 350 g/mol. The van der Waals surface area contributed by atoms with Gasteiger partial charge in [-0.1, -0.05) is 53.4 Å². The zero-order chi connectivity index (χ0) is 21.0. The Hall–Kier alpha value is -1.63. The van der Waals surface area contributed by atoms with Gasteiger partial charge in [0.1, 0.15) is 6.04 Å². The Kier molecular flexibility index (Phi) is 11.9. The summed E-state index contributed by atoms with van der Waals surface area (Å²) in [7, 11) is 0. The normalized spacial score (nSPS) is 16.9. The number of hydrogen-bond acceptors (Lipinski definition) is 4. The molecule has 0 aliphatic heterocycles. The molecule has 2 N–H and O–H groups in total. The molecule has 0 aromatic carbocycles. The summed E-state index contributed by atoms with van der Waals surface area (Å²) in [5.74, 6) is -3.67. The topological polar surface area (TPSA) is 115 Å². The van der Waals surface area contributed by atoms with Crippen molar-refractivity contribution in [2.75, 3.05) is 6.54 Å². The highest BCUT2D eigenvalue weighted by Crippen LogP contribution is 2.32. The molecule has 0 heterocycles. The van der Waals surface area contributed by atoms with Crippen LogP contribution in [0.5, 0.6) is 0 Å². The van der Waals surface area contributed by atoms with Crippen LogP contribution in [0.3, 0.4) is 0 Å². The highest BCUT2D eigenvalue weighted by atomic mass is 16.4. The molecular formula is C20H37NO6. The SMILES string of the molecule is CCCCCCCC[N+](C(CC)C(=O)[O-])(C(CC)C(=O)O)C(CC)C(=O)O. The summed E-state index contributed by atoms with van der Waals surface area (Å²) in [6, 6.07) is -3.35. The fraction of sp³-hybridized carbons (Fsp3) is 0.850. The maximum absolute atomic E-state index is 12.0. The zero-order valence-corrected chi connectivity index (χ0v) is 17.3. The van der Waals surface area contributed by atoms with Crippen LogP contribution in [0.1, 0.15) is 85.5 Å². The largest absolute Gasteiger partial charge is 0.544 e. The van der Waals surface area contributed by atoms with Gasteiger partial charge < -0.3 is 20.1 Å². The van der Waals surface area contributed by atoms with E-state index in [-0.39, 0.29) is 25.8 Å². The van der Waals surface area contributed by atoms with E-state index in [0.717, 1.165) is 32.1 Å². The van der Waals surface area contributed by atoms with Crippen molar-refractivity contribution in [3.8, 4) is 0 Å². The van der Waals surface area contributed by atoms with Crippen LogP contribution in [0, 0.1) is 0 Å². The molecule has 7 nitrogen and oxygen atoms in total. The van der Waals surface area contributed by atoms with E-state index in [1.807, 2.05) is 0 Å². The maximum atomic E-state index is 12.0. The van der Waals surface area contributed by atoms with Gasteiger partial charge in [-0.15, -0.1) is 0 Å². The van der Waals surface area contributed by atoms with E-state index in [1.54, 1.807) is 20.8 Å². The summed E-state index contributed by atoms with van der Waals surface area (Å²) in [5, 5.41) is 31.5. The Morgan fingerprint density at radius 1 is 0.741 bits per heavy atom. The molecule has 0 amide bonds. The molecule has 27 heavy (non-hydrogen) atoms. The van der Waals surface area contributed by atoms with Gasteiger partial charge in [0.2, 0.25) is 0 Å². The summed E-state index contributed by atoms with van der Waals surface area (Å²) < 4.78 is -0.468. The standard InChI is InChI=1S/C20H37NO6/c1-5-9-10-11-12-13-14-21(15(6-2)18(22)23,16(7-3)19(24)25)17(8-4)20(26)27/h15-17H,5-14H2,1-4H3,(H2-,22,23,24,25,26,27). The highest BCUT2D eigenvalue weighted by molar-refractivity contribution is 5.77. The van der Waals surface area contributed by atoms with Gasteiger partial charge in [0.15, 0.2) is 12.1 Å². The van der Waals surface area contributed by atoms with Crippen LogP contribution in [0.2, 0.25) is 0 Å². The van der Waals surface area contributed by atoms with Crippen molar-refractivity contribution in [2.24, 2.45) is 0 Å².